The Morgan fingerprint density at radius 3 is 2.88 bits per heavy atom. The maximum absolute atomic E-state index is 5.61. The van der Waals surface area contributed by atoms with E-state index in [1.54, 1.807) is 13.0 Å². The predicted molar refractivity (Wildman–Crippen MR) is 63.8 cm³/mol. The Morgan fingerprint density at radius 2 is 2.24 bits per heavy atom. The van der Waals surface area contributed by atoms with Gasteiger partial charge in [0, 0.05) is 19.5 Å². The van der Waals surface area contributed by atoms with Crippen LogP contribution in [-0.2, 0) is 0 Å². The SMILES string of the molecule is CCNc1cc(Sc2nnc(C)o2)nc(N)n1. The van der Waals surface area contributed by atoms with Crippen LogP contribution >= 0.6 is 11.8 Å². The number of aryl methyl sites for hydroxylation is 1. The monoisotopic (exact) mass is 252 g/mol. The lowest BCUT2D eigenvalue weighted by atomic mass is 10.5. The fraction of sp³-hybridized carbons (Fsp3) is 0.333. The maximum Gasteiger partial charge on any atom is 0.282 e. The standard InChI is InChI=1S/C9H12N6OS/c1-3-11-6-4-7(13-8(10)12-6)17-9-15-14-5(2)16-9/h4H,3H2,1-2H3,(H3,10,11,12,13). The highest BCUT2D eigenvalue weighted by atomic mass is 32.2. The van der Waals surface area contributed by atoms with Gasteiger partial charge < -0.3 is 15.5 Å². The molecule has 0 aromatic carbocycles. The zero-order valence-corrected chi connectivity index (χ0v) is 10.3. The van der Waals surface area contributed by atoms with Gasteiger partial charge in [0.1, 0.15) is 10.8 Å². The van der Waals surface area contributed by atoms with Crippen molar-refractivity contribution in [3.63, 3.8) is 0 Å². The summed E-state index contributed by atoms with van der Waals surface area (Å²) in [6.45, 7) is 4.47. The number of hydrogen-bond acceptors (Lipinski definition) is 8. The molecule has 2 aromatic heterocycles. The second-order valence-corrected chi connectivity index (χ2v) is 4.14. The van der Waals surface area contributed by atoms with Crippen LogP contribution in [0.25, 0.3) is 0 Å². The van der Waals surface area contributed by atoms with Gasteiger partial charge in [-0.2, -0.15) is 4.98 Å². The first-order valence-electron chi connectivity index (χ1n) is 5.03. The van der Waals surface area contributed by atoms with Crippen molar-refractivity contribution in [3.8, 4) is 0 Å². The third-order valence-electron chi connectivity index (χ3n) is 1.78. The third kappa shape index (κ3) is 3.06. The molecule has 0 aliphatic heterocycles. The van der Waals surface area contributed by atoms with Crippen LogP contribution in [0.4, 0.5) is 11.8 Å². The summed E-state index contributed by atoms with van der Waals surface area (Å²) in [5.74, 6) is 1.40. The van der Waals surface area contributed by atoms with E-state index >= 15 is 0 Å². The van der Waals surface area contributed by atoms with E-state index in [9.17, 15) is 0 Å². The van der Waals surface area contributed by atoms with Gasteiger partial charge in [-0.1, -0.05) is 0 Å². The van der Waals surface area contributed by atoms with Gasteiger partial charge in [0.2, 0.25) is 11.8 Å². The minimum Gasteiger partial charge on any atom is -0.416 e. The smallest absolute Gasteiger partial charge is 0.282 e. The molecule has 0 fully saturated rings. The summed E-state index contributed by atoms with van der Waals surface area (Å²) in [5.41, 5.74) is 5.61. The number of anilines is 2. The van der Waals surface area contributed by atoms with Crippen molar-refractivity contribution in [2.45, 2.75) is 24.1 Å². The number of nitrogens with two attached hydrogens (primary N) is 1. The Bertz CT molecular complexity index is 514. The van der Waals surface area contributed by atoms with E-state index < -0.39 is 0 Å². The third-order valence-corrected chi connectivity index (χ3v) is 2.54. The summed E-state index contributed by atoms with van der Waals surface area (Å²) in [5, 5.41) is 11.8. The van der Waals surface area contributed by atoms with Gasteiger partial charge in [-0.15, -0.1) is 10.2 Å². The topological polar surface area (TPSA) is 103 Å². The number of nitrogens with one attached hydrogen (secondary N) is 1. The van der Waals surface area contributed by atoms with Gasteiger partial charge in [0.15, 0.2) is 0 Å². The van der Waals surface area contributed by atoms with Crippen molar-refractivity contribution >= 4 is 23.5 Å². The molecular formula is C9H12N6OS. The molecule has 7 nitrogen and oxygen atoms in total. The molecule has 0 spiro atoms. The van der Waals surface area contributed by atoms with Gasteiger partial charge >= 0.3 is 0 Å². The molecule has 2 rings (SSSR count). The molecule has 0 atom stereocenters. The van der Waals surface area contributed by atoms with E-state index in [0.717, 1.165) is 6.54 Å². The Balaban J connectivity index is 2.20. The summed E-state index contributed by atoms with van der Waals surface area (Å²) < 4.78 is 5.25. The second kappa shape index (κ2) is 5.00. The van der Waals surface area contributed by atoms with Crippen LogP contribution < -0.4 is 11.1 Å². The molecular weight excluding hydrogens is 240 g/mol. The molecule has 0 amide bonds. The normalized spacial score (nSPS) is 10.5. The van der Waals surface area contributed by atoms with E-state index in [2.05, 4.69) is 25.5 Å². The van der Waals surface area contributed by atoms with Crippen molar-refractivity contribution in [3.05, 3.63) is 12.0 Å². The summed E-state index contributed by atoms with van der Waals surface area (Å²) in [6.07, 6.45) is 0. The highest BCUT2D eigenvalue weighted by Gasteiger charge is 2.08. The predicted octanol–water partition coefficient (Wildman–Crippen LogP) is 1.33. The molecule has 0 aliphatic carbocycles. The number of rotatable bonds is 4. The van der Waals surface area contributed by atoms with E-state index in [1.165, 1.54) is 11.8 Å². The van der Waals surface area contributed by atoms with Gasteiger partial charge in [0.25, 0.3) is 5.22 Å². The highest BCUT2D eigenvalue weighted by molar-refractivity contribution is 7.99. The minimum atomic E-state index is 0.210. The number of aromatic nitrogens is 4. The first-order chi connectivity index (χ1) is 8.17. The quantitative estimate of drug-likeness (QED) is 0.785. The molecule has 0 radical (unpaired) electrons. The van der Waals surface area contributed by atoms with Gasteiger partial charge in [-0.3, -0.25) is 0 Å². The van der Waals surface area contributed by atoms with Crippen molar-refractivity contribution in [2.75, 3.05) is 17.6 Å². The largest absolute Gasteiger partial charge is 0.416 e. The maximum atomic E-state index is 5.61. The van der Waals surface area contributed by atoms with Gasteiger partial charge in [-0.25, -0.2) is 4.98 Å². The van der Waals surface area contributed by atoms with Crippen LogP contribution in [0.1, 0.15) is 12.8 Å². The van der Waals surface area contributed by atoms with Crippen LogP contribution in [-0.4, -0.2) is 26.7 Å². The summed E-state index contributed by atoms with van der Waals surface area (Å²) >= 11 is 1.25. The van der Waals surface area contributed by atoms with Crippen LogP contribution in [0, 0.1) is 6.92 Å². The van der Waals surface area contributed by atoms with Crippen LogP contribution in [0.2, 0.25) is 0 Å². The molecule has 0 aliphatic rings. The molecule has 90 valence electrons. The molecule has 3 N–H and O–H groups in total. The van der Waals surface area contributed by atoms with E-state index in [-0.39, 0.29) is 5.95 Å². The Hall–Kier alpha value is -1.83. The van der Waals surface area contributed by atoms with Crippen molar-refractivity contribution in [1.29, 1.82) is 0 Å². The van der Waals surface area contributed by atoms with Crippen molar-refractivity contribution in [2.24, 2.45) is 0 Å². The molecule has 2 aromatic rings. The van der Waals surface area contributed by atoms with E-state index in [1.807, 2.05) is 6.92 Å². The molecule has 0 bridgehead atoms. The summed E-state index contributed by atoms with van der Waals surface area (Å²) in [6, 6.07) is 1.78. The number of hydrogen-bond donors (Lipinski definition) is 2. The zero-order chi connectivity index (χ0) is 12.3. The number of nitrogen functional groups attached to an aromatic ring is 1. The van der Waals surface area contributed by atoms with E-state index in [4.69, 9.17) is 10.2 Å². The Labute approximate surface area is 102 Å². The Kier molecular flexibility index (Phi) is 3.43. The molecule has 8 heteroatoms. The van der Waals surface area contributed by atoms with Crippen LogP contribution in [0.15, 0.2) is 20.7 Å². The molecule has 2 heterocycles. The summed E-state index contributed by atoms with van der Waals surface area (Å²) in [4.78, 5) is 8.13. The van der Waals surface area contributed by atoms with Crippen LogP contribution in [0.5, 0.6) is 0 Å². The van der Waals surface area contributed by atoms with Gasteiger partial charge in [-0.05, 0) is 18.7 Å². The summed E-state index contributed by atoms with van der Waals surface area (Å²) in [7, 11) is 0. The average molecular weight is 252 g/mol. The van der Waals surface area contributed by atoms with E-state index in [0.29, 0.717) is 22.0 Å². The lowest BCUT2D eigenvalue weighted by molar-refractivity contribution is 0.429. The molecule has 0 unspecified atom stereocenters. The average Bonchev–Trinajstić information content (AvgIpc) is 2.63. The first kappa shape index (κ1) is 11.6. The fourth-order valence-electron chi connectivity index (χ4n) is 1.18. The Morgan fingerprint density at radius 1 is 1.41 bits per heavy atom. The minimum absolute atomic E-state index is 0.210. The zero-order valence-electron chi connectivity index (χ0n) is 9.47. The molecule has 17 heavy (non-hydrogen) atoms. The molecule has 0 saturated carbocycles. The lowest BCUT2D eigenvalue weighted by Crippen LogP contribution is -2.03. The van der Waals surface area contributed by atoms with Crippen molar-refractivity contribution in [1.82, 2.24) is 20.2 Å². The second-order valence-electron chi connectivity index (χ2n) is 3.17. The highest BCUT2D eigenvalue weighted by Crippen LogP contribution is 2.26. The van der Waals surface area contributed by atoms with Gasteiger partial charge in [0.05, 0.1) is 0 Å². The number of nitrogens with zero attached hydrogens (tertiary/aromatic N) is 4. The molecule has 0 saturated heterocycles. The fourth-order valence-corrected chi connectivity index (χ4v) is 1.91. The van der Waals surface area contributed by atoms with Crippen molar-refractivity contribution < 1.29 is 4.42 Å². The first-order valence-corrected chi connectivity index (χ1v) is 5.85. The lowest BCUT2D eigenvalue weighted by Gasteiger charge is -2.04. The van der Waals surface area contributed by atoms with Crippen LogP contribution in [0.3, 0.4) is 0 Å².